The van der Waals surface area contributed by atoms with E-state index in [1.165, 1.54) is 12.8 Å². The van der Waals surface area contributed by atoms with Crippen molar-refractivity contribution >= 4 is 11.6 Å². The molecule has 1 saturated carbocycles. The summed E-state index contributed by atoms with van der Waals surface area (Å²) in [6.45, 7) is 1.87. The number of hydrogen-bond donors (Lipinski definition) is 1. The second-order valence-corrected chi connectivity index (χ2v) is 5.37. The normalized spacial score (nSPS) is 18.8. The zero-order valence-electron chi connectivity index (χ0n) is 10.6. The average Bonchev–Trinajstić information content (AvgIpc) is 2.80. The van der Waals surface area contributed by atoms with Gasteiger partial charge in [-0.1, -0.05) is 24.4 Å². The Kier molecular flexibility index (Phi) is 4.36. The molecule has 2 nitrogen and oxygen atoms in total. The fourth-order valence-electron chi connectivity index (χ4n) is 2.45. The Bertz CT molecular complexity index is 442. The van der Waals surface area contributed by atoms with Gasteiger partial charge in [0.2, 0.25) is 0 Å². The molecule has 19 heavy (non-hydrogen) atoms. The molecule has 6 heteroatoms. The van der Waals surface area contributed by atoms with Gasteiger partial charge in [0.1, 0.15) is 0 Å². The number of nitrogens with one attached hydrogen (secondary N) is 1. The quantitative estimate of drug-likeness (QED) is 0.896. The molecule has 1 fully saturated rings. The maximum atomic E-state index is 12.5. The number of alkyl halides is 3. The van der Waals surface area contributed by atoms with Gasteiger partial charge in [-0.05, 0) is 25.8 Å². The molecule has 1 heterocycles. The first-order chi connectivity index (χ1) is 8.88. The van der Waals surface area contributed by atoms with Crippen molar-refractivity contribution < 1.29 is 13.2 Å². The van der Waals surface area contributed by atoms with Crippen LogP contribution in [-0.2, 0) is 6.18 Å². The predicted octanol–water partition coefficient (Wildman–Crippen LogP) is 4.35. The minimum Gasteiger partial charge on any atom is -0.306 e. The standard InChI is InChI=1S/C13H16ClF3N2/c1-8(19-10-4-2-3-5-10)12-11(14)6-9(7-18-12)13(15,16)17/h6-8,10,19H,2-5H2,1H3/t8-/m1/s1. The second-order valence-electron chi connectivity index (χ2n) is 4.96. The highest BCUT2D eigenvalue weighted by Crippen LogP contribution is 2.32. The average molecular weight is 293 g/mol. The minimum absolute atomic E-state index is 0.0628. The molecule has 1 aromatic heterocycles. The SMILES string of the molecule is C[C@@H](NC1CCCC1)c1ncc(C(F)(F)F)cc1Cl. The van der Waals surface area contributed by atoms with E-state index in [-0.39, 0.29) is 11.1 Å². The third-order valence-corrected chi connectivity index (χ3v) is 3.75. The van der Waals surface area contributed by atoms with E-state index >= 15 is 0 Å². The van der Waals surface area contributed by atoms with Crippen molar-refractivity contribution in [2.75, 3.05) is 0 Å². The van der Waals surface area contributed by atoms with Gasteiger partial charge in [0, 0.05) is 18.3 Å². The highest BCUT2D eigenvalue weighted by Gasteiger charge is 2.32. The van der Waals surface area contributed by atoms with Gasteiger partial charge in [0.25, 0.3) is 0 Å². The molecule has 1 aliphatic carbocycles. The van der Waals surface area contributed by atoms with Gasteiger partial charge in [0.05, 0.1) is 16.3 Å². The number of pyridine rings is 1. The predicted molar refractivity (Wildman–Crippen MR) is 68.1 cm³/mol. The van der Waals surface area contributed by atoms with Crippen LogP contribution in [0.15, 0.2) is 12.3 Å². The molecule has 0 saturated heterocycles. The summed E-state index contributed by atoms with van der Waals surface area (Å²) in [5, 5.41) is 3.43. The largest absolute Gasteiger partial charge is 0.417 e. The van der Waals surface area contributed by atoms with Crippen LogP contribution in [-0.4, -0.2) is 11.0 Å². The fourth-order valence-corrected chi connectivity index (χ4v) is 2.78. The lowest BCUT2D eigenvalue weighted by Gasteiger charge is -2.20. The van der Waals surface area contributed by atoms with Crippen LogP contribution >= 0.6 is 11.6 Å². The molecular formula is C13H16ClF3N2. The minimum atomic E-state index is -4.41. The molecule has 1 N–H and O–H groups in total. The van der Waals surface area contributed by atoms with Gasteiger partial charge in [0.15, 0.2) is 0 Å². The molecule has 1 aliphatic rings. The topological polar surface area (TPSA) is 24.9 Å². The van der Waals surface area contributed by atoms with Crippen LogP contribution in [0.2, 0.25) is 5.02 Å². The van der Waals surface area contributed by atoms with Crippen molar-refractivity contribution in [3.63, 3.8) is 0 Å². The Morgan fingerprint density at radius 3 is 2.53 bits per heavy atom. The summed E-state index contributed by atoms with van der Waals surface area (Å²) in [5.41, 5.74) is -0.337. The lowest BCUT2D eigenvalue weighted by atomic mass is 10.1. The van der Waals surface area contributed by atoms with E-state index in [1.54, 1.807) is 0 Å². The summed E-state index contributed by atoms with van der Waals surface area (Å²) >= 11 is 5.91. The van der Waals surface area contributed by atoms with E-state index < -0.39 is 11.7 Å². The number of nitrogens with zero attached hydrogens (tertiary/aromatic N) is 1. The summed E-state index contributed by atoms with van der Waals surface area (Å²) in [6.07, 6.45) is 1.02. The van der Waals surface area contributed by atoms with E-state index in [0.29, 0.717) is 11.7 Å². The first-order valence-corrected chi connectivity index (χ1v) is 6.74. The van der Waals surface area contributed by atoms with Crippen molar-refractivity contribution in [2.24, 2.45) is 0 Å². The maximum Gasteiger partial charge on any atom is 0.417 e. The van der Waals surface area contributed by atoms with Crippen molar-refractivity contribution in [1.29, 1.82) is 0 Å². The lowest BCUT2D eigenvalue weighted by Crippen LogP contribution is -2.29. The van der Waals surface area contributed by atoms with Gasteiger partial charge in [-0.2, -0.15) is 13.2 Å². The Morgan fingerprint density at radius 1 is 1.37 bits per heavy atom. The summed E-state index contributed by atoms with van der Waals surface area (Å²) in [5.74, 6) is 0. The molecule has 1 aromatic rings. The third kappa shape index (κ3) is 3.60. The van der Waals surface area contributed by atoms with Crippen molar-refractivity contribution in [3.05, 3.63) is 28.5 Å². The lowest BCUT2D eigenvalue weighted by molar-refractivity contribution is -0.137. The molecule has 0 spiro atoms. The molecular weight excluding hydrogens is 277 g/mol. The molecule has 2 rings (SSSR count). The second kappa shape index (κ2) is 5.67. The van der Waals surface area contributed by atoms with Crippen molar-refractivity contribution in [2.45, 2.75) is 50.9 Å². The first-order valence-electron chi connectivity index (χ1n) is 6.36. The zero-order chi connectivity index (χ0) is 14.0. The fraction of sp³-hybridized carbons (Fsp3) is 0.615. The van der Waals surface area contributed by atoms with Gasteiger partial charge in [-0.25, -0.2) is 0 Å². The number of hydrogen-bond acceptors (Lipinski definition) is 2. The van der Waals surface area contributed by atoms with E-state index in [9.17, 15) is 13.2 Å². The summed E-state index contributed by atoms with van der Waals surface area (Å²) in [6, 6.07) is 1.21. The van der Waals surface area contributed by atoms with Crippen LogP contribution < -0.4 is 5.32 Å². The van der Waals surface area contributed by atoms with Crippen LogP contribution in [0.25, 0.3) is 0 Å². The molecule has 1 atom stereocenters. The molecule has 0 unspecified atom stereocenters. The number of aromatic nitrogens is 1. The first kappa shape index (κ1) is 14.6. The van der Waals surface area contributed by atoms with Crippen LogP contribution in [0, 0.1) is 0 Å². The van der Waals surface area contributed by atoms with Crippen LogP contribution in [0.4, 0.5) is 13.2 Å². The van der Waals surface area contributed by atoms with E-state index in [1.807, 2.05) is 6.92 Å². The molecule has 0 radical (unpaired) electrons. The van der Waals surface area contributed by atoms with Gasteiger partial charge in [-0.15, -0.1) is 0 Å². The smallest absolute Gasteiger partial charge is 0.306 e. The van der Waals surface area contributed by atoms with E-state index in [4.69, 9.17) is 11.6 Å². The Hall–Kier alpha value is -0.810. The van der Waals surface area contributed by atoms with Crippen LogP contribution in [0.5, 0.6) is 0 Å². The molecule has 0 aliphatic heterocycles. The number of halogens is 4. The molecule has 0 amide bonds. The molecule has 0 bridgehead atoms. The monoisotopic (exact) mass is 292 g/mol. The molecule has 0 aromatic carbocycles. The summed E-state index contributed by atoms with van der Waals surface area (Å²) < 4.78 is 37.5. The van der Waals surface area contributed by atoms with Crippen molar-refractivity contribution in [1.82, 2.24) is 10.3 Å². The van der Waals surface area contributed by atoms with Crippen LogP contribution in [0.1, 0.15) is 49.9 Å². The molecule has 106 valence electrons. The summed E-state index contributed by atoms with van der Waals surface area (Å²) in [7, 11) is 0. The highest BCUT2D eigenvalue weighted by molar-refractivity contribution is 6.31. The maximum absolute atomic E-state index is 12.5. The zero-order valence-corrected chi connectivity index (χ0v) is 11.4. The summed E-state index contributed by atoms with van der Waals surface area (Å²) in [4.78, 5) is 3.87. The number of rotatable bonds is 3. The van der Waals surface area contributed by atoms with Gasteiger partial charge >= 0.3 is 6.18 Å². The Morgan fingerprint density at radius 2 is 2.00 bits per heavy atom. The van der Waals surface area contributed by atoms with E-state index in [2.05, 4.69) is 10.3 Å². The van der Waals surface area contributed by atoms with E-state index in [0.717, 1.165) is 25.1 Å². The van der Waals surface area contributed by atoms with Crippen molar-refractivity contribution in [3.8, 4) is 0 Å². The van der Waals surface area contributed by atoms with Gasteiger partial charge in [-0.3, -0.25) is 4.98 Å². The van der Waals surface area contributed by atoms with Crippen LogP contribution in [0.3, 0.4) is 0 Å². The third-order valence-electron chi connectivity index (χ3n) is 3.45. The van der Waals surface area contributed by atoms with Gasteiger partial charge < -0.3 is 5.32 Å². The highest BCUT2D eigenvalue weighted by atomic mass is 35.5. The Labute approximate surface area is 115 Å². The Balaban J connectivity index is 2.11.